The SMILES string of the molecule is CSc1ccccc1-c1cnc(Cl)nc1Cl. The van der Waals surface area contributed by atoms with Crippen molar-refractivity contribution in [2.45, 2.75) is 4.90 Å². The van der Waals surface area contributed by atoms with Gasteiger partial charge >= 0.3 is 0 Å². The van der Waals surface area contributed by atoms with E-state index >= 15 is 0 Å². The maximum absolute atomic E-state index is 6.05. The molecule has 0 aliphatic heterocycles. The number of aromatic nitrogens is 2. The lowest BCUT2D eigenvalue weighted by atomic mass is 10.1. The zero-order valence-electron chi connectivity index (χ0n) is 8.45. The average molecular weight is 271 g/mol. The molecule has 1 aromatic heterocycles. The highest BCUT2D eigenvalue weighted by atomic mass is 35.5. The zero-order valence-corrected chi connectivity index (χ0v) is 10.8. The molecule has 0 saturated carbocycles. The highest BCUT2D eigenvalue weighted by molar-refractivity contribution is 7.98. The second-order valence-electron chi connectivity index (χ2n) is 3.04. The van der Waals surface area contributed by atoms with Crippen molar-refractivity contribution in [3.05, 3.63) is 40.9 Å². The fourth-order valence-electron chi connectivity index (χ4n) is 1.39. The number of thioether (sulfide) groups is 1. The van der Waals surface area contributed by atoms with E-state index in [1.807, 2.05) is 30.5 Å². The number of benzene rings is 1. The van der Waals surface area contributed by atoms with E-state index in [4.69, 9.17) is 23.2 Å². The molecule has 2 aromatic rings. The Labute approximate surface area is 108 Å². The van der Waals surface area contributed by atoms with Gasteiger partial charge in [-0.3, -0.25) is 0 Å². The number of nitrogens with zero attached hydrogens (tertiary/aromatic N) is 2. The summed E-state index contributed by atoms with van der Waals surface area (Å²) in [5, 5.41) is 0.539. The molecule has 82 valence electrons. The van der Waals surface area contributed by atoms with E-state index in [-0.39, 0.29) is 5.28 Å². The van der Waals surface area contributed by atoms with Crippen molar-refractivity contribution in [3.63, 3.8) is 0 Å². The number of hydrogen-bond donors (Lipinski definition) is 0. The van der Waals surface area contributed by atoms with Crippen LogP contribution in [0.25, 0.3) is 11.1 Å². The van der Waals surface area contributed by atoms with Crippen molar-refractivity contribution in [2.24, 2.45) is 0 Å². The van der Waals surface area contributed by atoms with Crippen LogP contribution >= 0.6 is 35.0 Å². The first-order chi connectivity index (χ1) is 7.72. The first-order valence-corrected chi connectivity index (χ1v) is 6.52. The van der Waals surface area contributed by atoms with Gasteiger partial charge in [-0.1, -0.05) is 29.8 Å². The van der Waals surface area contributed by atoms with Crippen LogP contribution in [0.1, 0.15) is 0 Å². The molecule has 2 nitrogen and oxygen atoms in total. The van der Waals surface area contributed by atoms with E-state index in [1.54, 1.807) is 18.0 Å². The molecule has 2 rings (SSSR count). The zero-order chi connectivity index (χ0) is 11.5. The standard InChI is InChI=1S/C11H8Cl2N2S/c1-16-9-5-3-2-4-7(9)8-6-14-11(13)15-10(8)12/h2-6H,1H3. The molecule has 0 spiro atoms. The molecule has 0 saturated heterocycles. The molecule has 0 unspecified atom stereocenters. The maximum atomic E-state index is 6.05. The molecule has 0 radical (unpaired) electrons. The van der Waals surface area contributed by atoms with Crippen LogP contribution in [0.15, 0.2) is 35.4 Å². The Balaban J connectivity index is 2.58. The molecule has 0 amide bonds. The lowest BCUT2D eigenvalue weighted by Crippen LogP contribution is -1.89. The predicted molar refractivity (Wildman–Crippen MR) is 69.3 cm³/mol. The molecule has 0 aliphatic carbocycles. The van der Waals surface area contributed by atoms with Crippen molar-refractivity contribution in [1.82, 2.24) is 9.97 Å². The third-order valence-electron chi connectivity index (χ3n) is 2.11. The van der Waals surface area contributed by atoms with Gasteiger partial charge < -0.3 is 0 Å². The molecule has 5 heteroatoms. The lowest BCUT2D eigenvalue weighted by molar-refractivity contribution is 1.17. The van der Waals surface area contributed by atoms with E-state index < -0.39 is 0 Å². The molecule has 0 N–H and O–H groups in total. The summed E-state index contributed by atoms with van der Waals surface area (Å²) in [6, 6.07) is 7.97. The topological polar surface area (TPSA) is 25.8 Å². The molecule has 1 aromatic carbocycles. The first-order valence-electron chi connectivity index (χ1n) is 4.54. The van der Waals surface area contributed by atoms with Crippen LogP contribution in [-0.4, -0.2) is 16.2 Å². The van der Waals surface area contributed by atoms with Crippen LogP contribution in [0.3, 0.4) is 0 Å². The molecule has 0 atom stereocenters. The fraction of sp³-hybridized carbons (Fsp3) is 0.0909. The average Bonchev–Trinajstić information content (AvgIpc) is 2.29. The van der Waals surface area contributed by atoms with E-state index in [2.05, 4.69) is 9.97 Å². The van der Waals surface area contributed by atoms with Crippen molar-refractivity contribution in [1.29, 1.82) is 0 Å². The van der Waals surface area contributed by atoms with Gasteiger partial charge in [-0.05, 0) is 29.5 Å². The van der Waals surface area contributed by atoms with E-state index in [0.29, 0.717) is 5.15 Å². The number of hydrogen-bond acceptors (Lipinski definition) is 3. The van der Waals surface area contributed by atoms with Crippen LogP contribution in [0.5, 0.6) is 0 Å². The van der Waals surface area contributed by atoms with Gasteiger partial charge in [0, 0.05) is 16.7 Å². The van der Waals surface area contributed by atoms with Gasteiger partial charge in [-0.15, -0.1) is 11.8 Å². The summed E-state index contributed by atoms with van der Waals surface area (Å²) in [7, 11) is 0. The van der Waals surface area contributed by atoms with Gasteiger partial charge in [-0.25, -0.2) is 9.97 Å². The Bertz CT molecular complexity index is 517. The fourth-order valence-corrected chi connectivity index (χ4v) is 2.41. The van der Waals surface area contributed by atoms with Crippen molar-refractivity contribution in [3.8, 4) is 11.1 Å². The van der Waals surface area contributed by atoms with Crippen LogP contribution in [0.4, 0.5) is 0 Å². The van der Waals surface area contributed by atoms with Crippen LogP contribution in [0, 0.1) is 0 Å². The van der Waals surface area contributed by atoms with Gasteiger partial charge in [0.1, 0.15) is 5.15 Å². The summed E-state index contributed by atoms with van der Waals surface area (Å²) in [5.74, 6) is 0. The summed E-state index contributed by atoms with van der Waals surface area (Å²) in [6.07, 6.45) is 3.66. The lowest BCUT2D eigenvalue weighted by Gasteiger charge is -2.07. The third-order valence-corrected chi connectivity index (χ3v) is 3.38. The smallest absolute Gasteiger partial charge is 0.223 e. The van der Waals surface area contributed by atoms with Crippen LogP contribution in [0.2, 0.25) is 10.4 Å². The minimum Gasteiger partial charge on any atom is -0.226 e. The Hall–Kier alpha value is -0.770. The van der Waals surface area contributed by atoms with Crippen molar-refractivity contribution in [2.75, 3.05) is 6.26 Å². The summed E-state index contributed by atoms with van der Waals surface area (Å²) in [4.78, 5) is 9.02. The Morgan fingerprint density at radius 2 is 1.88 bits per heavy atom. The molecular formula is C11H8Cl2N2S. The highest BCUT2D eigenvalue weighted by Crippen LogP contribution is 2.33. The van der Waals surface area contributed by atoms with E-state index in [0.717, 1.165) is 16.0 Å². The largest absolute Gasteiger partial charge is 0.226 e. The van der Waals surface area contributed by atoms with E-state index in [1.165, 1.54) is 0 Å². The Morgan fingerprint density at radius 3 is 2.56 bits per heavy atom. The summed E-state index contributed by atoms with van der Waals surface area (Å²) in [6.45, 7) is 0. The van der Waals surface area contributed by atoms with E-state index in [9.17, 15) is 0 Å². The second kappa shape index (κ2) is 5.04. The molecule has 0 bridgehead atoms. The minimum absolute atomic E-state index is 0.162. The summed E-state index contributed by atoms with van der Waals surface area (Å²) in [5.41, 5.74) is 1.83. The minimum atomic E-state index is 0.162. The van der Waals surface area contributed by atoms with Gasteiger partial charge in [0.25, 0.3) is 0 Å². The molecular weight excluding hydrogens is 263 g/mol. The van der Waals surface area contributed by atoms with Crippen molar-refractivity contribution >= 4 is 35.0 Å². The number of halogens is 2. The van der Waals surface area contributed by atoms with Gasteiger partial charge in [-0.2, -0.15) is 0 Å². The Morgan fingerprint density at radius 1 is 1.12 bits per heavy atom. The van der Waals surface area contributed by atoms with Crippen LogP contribution in [-0.2, 0) is 0 Å². The number of rotatable bonds is 2. The molecule has 16 heavy (non-hydrogen) atoms. The van der Waals surface area contributed by atoms with Gasteiger partial charge in [0.05, 0.1) is 0 Å². The second-order valence-corrected chi connectivity index (χ2v) is 4.59. The normalized spacial score (nSPS) is 10.4. The predicted octanol–water partition coefficient (Wildman–Crippen LogP) is 4.17. The molecule has 0 fully saturated rings. The van der Waals surface area contributed by atoms with Gasteiger partial charge in [0.2, 0.25) is 5.28 Å². The molecule has 1 heterocycles. The van der Waals surface area contributed by atoms with Gasteiger partial charge in [0.15, 0.2) is 0 Å². The summed E-state index contributed by atoms with van der Waals surface area (Å²) >= 11 is 13.4. The maximum Gasteiger partial charge on any atom is 0.223 e. The van der Waals surface area contributed by atoms with Crippen LogP contribution < -0.4 is 0 Å². The molecule has 0 aliphatic rings. The Kier molecular flexibility index (Phi) is 3.69. The third kappa shape index (κ3) is 2.32. The quantitative estimate of drug-likeness (QED) is 0.465. The first kappa shape index (κ1) is 11.7. The van der Waals surface area contributed by atoms with Crippen molar-refractivity contribution < 1.29 is 0 Å². The summed E-state index contributed by atoms with van der Waals surface area (Å²) < 4.78 is 0. The monoisotopic (exact) mass is 270 g/mol. The highest BCUT2D eigenvalue weighted by Gasteiger charge is 2.09.